The number of amides is 1. The Balaban J connectivity index is 2.26. The third-order valence-electron chi connectivity index (χ3n) is 11.9. The van der Waals surface area contributed by atoms with Crippen molar-refractivity contribution in [3.63, 3.8) is 0 Å². The fourth-order valence-electron chi connectivity index (χ4n) is 7.92. The first kappa shape index (κ1) is 53.9. The van der Waals surface area contributed by atoms with Gasteiger partial charge in [-0.05, 0) is 38.5 Å². The number of hydrogen-bond acceptors (Lipinski definition) is 8. The molecule has 0 aromatic rings. The van der Waals surface area contributed by atoms with Crippen molar-refractivity contribution in [2.75, 3.05) is 13.2 Å². The van der Waals surface area contributed by atoms with Crippen molar-refractivity contribution in [2.45, 2.75) is 275 Å². The van der Waals surface area contributed by atoms with Crippen LogP contribution in [0.3, 0.4) is 0 Å². The number of carbonyl (C=O) groups is 1. The molecule has 1 rings (SSSR count). The maximum Gasteiger partial charge on any atom is 0.220 e. The summed E-state index contributed by atoms with van der Waals surface area (Å²) in [7, 11) is 0. The number of carbonyl (C=O) groups excluding carboxylic acids is 1. The first-order chi connectivity index (χ1) is 27.8. The molecule has 0 spiro atoms. The first-order valence-corrected chi connectivity index (χ1v) is 24.4. The Bertz CT molecular complexity index is 904. The molecule has 9 heteroatoms. The number of allylic oxidation sites excluding steroid dienone is 2. The Labute approximate surface area is 350 Å². The summed E-state index contributed by atoms with van der Waals surface area (Å²) in [6.45, 7) is 3.84. The molecule has 6 N–H and O–H groups in total. The monoisotopic (exact) mass is 812 g/mol. The maximum absolute atomic E-state index is 13.0. The van der Waals surface area contributed by atoms with E-state index in [1.807, 2.05) is 0 Å². The second kappa shape index (κ2) is 39.1. The molecule has 0 saturated carbocycles. The summed E-state index contributed by atoms with van der Waals surface area (Å²) >= 11 is 0. The second-order valence-corrected chi connectivity index (χ2v) is 17.3. The fourth-order valence-corrected chi connectivity index (χ4v) is 7.92. The van der Waals surface area contributed by atoms with Crippen LogP contribution in [0.5, 0.6) is 0 Å². The van der Waals surface area contributed by atoms with Gasteiger partial charge in [-0.1, -0.05) is 199 Å². The van der Waals surface area contributed by atoms with Gasteiger partial charge < -0.3 is 40.3 Å². The van der Waals surface area contributed by atoms with Crippen LogP contribution in [0.15, 0.2) is 12.2 Å². The topological polar surface area (TPSA) is 149 Å². The zero-order valence-electron chi connectivity index (χ0n) is 37.1. The second-order valence-electron chi connectivity index (χ2n) is 17.3. The Morgan fingerprint density at radius 2 is 0.982 bits per heavy atom. The molecule has 1 saturated heterocycles. The van der Waals surface area contributed by atoms with E-state index in [-0.39, 0.29) is 12.5 Å². The molecule has 0 aromatic heterocycles. The molecule has 0 unspecified atom stereocenters. The highest BCUT2D eigenvalue weighted by atomic mass is 16.7. The van der Waals surface area contributed by atoms with Gasteiger partial charge in [-0.3, -0.25) is 4.79 Å². The van der Waals surface area contributed by atoms with Crippen molar-refractivity contribution in [3.05, 3.63) is 12.2 Å². The molecule has 1 aliphatic heterocycles. The van der Waals surface area contributed by atoms with E-state index in [2.05, 4.69) is 31.3 Å². The van der Waals surface area contributed by atoms with Crippen LogP contribution >= 0.6 is 0 Å². The summed E-state index contributed by atoms with van der Waals surface area (Å²) in [5.74, 6) is -0.143. The van der Waals surface area contributed by atoms with Gasteiger partial charge in [0, 0.05) is 6.42 Å². The number of aliphatic hydroxyl groups is 5. The van der Waals surface area contributed by atoms with E-state index >= 15 is 0 Å². The highest BCUT2D eigenvalue weighted by Crippen LogP contribution is 2.23. The van der Waals surface area contributed by atoms with Crippen LogP contribution in [-0.4, -0.2) is 87.5 Å². The van der Waals surface area contributed by atoms with Crippen LogP contribution in [0, 0.1) is 0 Å². The van der Waals surface area contributed by atoms with Crippen molar-refractivity contribution in [1.82, 2.24) is 5.32 Å². The summed E-state index contributed by atoms with van der Waals surface area (Å²) in [5, 5.41) is 54.4. The molecular weight excluding hydrogens is 719 g/mol. The van der Waals surface area contributed by atoms with Gasteiger partial charge in [-0.2, -0.15) is 0 Å². The van der Waals surface area contributed by atoms with Crippen LogP contribution in [0.2, 0.25) is 0 Å². The van der Waals surface area contributed by atoms with Crippen molar-refractivity contribution in [3.8, 4) is 0 Å². The van der Waals surface area contributed by atoms with Gasteiger partial charge in [0.25, 0.3) is 0 Å². The van der Waals surface area contributed by atoms with Gasteiger partial charge in [0.15, 0.2) is 6.29 Å². The molecule has 7 atom stereocenters. The fraction of sp³-hybridized carbons (Fsp3) is 0.938. The molecule has 0 aliphatic carbocycles. The van der Waals surface area contributed by atoms with Crippen molar-refractivity contribution >= 4 is 5.91 Å². The normalized spacial score (nSPS) is 21.0. The van der Waals surface area contributed by atoms with E-state index in [1.165, 1.54) is 167 Å². The van der Waals surface area contributed by atoms with E-state index in [0.29, 0.717) is 12.8 Å². The summed E-state index contributed by atoms with van der Waals surface area (Å²) in [4.78, 5) is 13.0. The van der Waals surface area contributed by atoms with Gasteiger partial charge in [-0.25, -0.2) is 0 Å². The van der Waals surface area contributed by atoms with E-state index in [4.69, 9.17) is 9.47 Å². The molecular formula is C48H93NO8. The minimum absolute atomic E-state index is 0.135. The summed E-state index contributed by atoms with van der Waals surface area (Å²) in [6, 6.07) is -0.714. The van der Waals surface area contributed by atoms with Gasteiger partial charge >= 0.3 is 0 Å². The maximum atomic E-state index is 13.0. The quantitative estimate of drug-likeness (QED) is 0.0264. The molecule has 338 valence electrons. The average molecular weight is 812 g/mol. The lowest BCUT2D eigenvalue weighted by molar-refractivity contribution is -0.302. The molecule has 1 aliphatic rings. The molecule has 57 heavy (non-hydrogen) atoms. The zero-order chi connectivity index (χ0) is 41.6. The summed E-state index contributed by atoms with van der Waals surface area (Å²) in [5.41, 5.74) is 0. The smallest absolute Gasteiger partial charge is 0.220 e. The lowest BCUT2D eigenvalue weighted by Gasteiger charge is -2.40. The largest absolute Gasteiger partial charge is 0.394 e. The zero-order valence-corrected chi connectivity index (χ0v) is 37.1. The van der Waals surface area contributed by atoms with Crippen LogP contribution in [0.1, 0.15) is 232 Å². The van der Waals surface area contributed by atoms with Crippen molar-refractivity contribution < 1.29 is 39.8 Å². The van der Waals surface area contributed by atoms with E-state index in [9.17, 15) is 30.3 Å². The lowest BCUT2D eigenvalue weighted by Crippen LogP contribution is -2.60. The van der Waals surface area contributed by atoms with Crippen molar-refractivity contribution in [2.24, 2.45) is 0 Å². The number of aliphatic hydroxyl groups excluding tert-OH is 5. The molecule has 0 bridgehead atoms. The minimum atomic E-state index is -1.55. The Hall–Kier alpha value is -1.07. The van der Waals surface area contributed by atoms with Gasteiger partial charge in [0.1, 0.15) is 24.4 Å². The minimum Gasteiger partial charge on any atom is -0.394 e. The molecule has 9 nitrogen and oxygen atoms in total. The summed E-state index contributed by atoms with van der Waals surface area (Å²) in [6.07, 6.45) is 37.9. The van der Waals surface area contributed by atoms with E-state index in [1.54, 1.807) is 0 Å². The summed E-state index contributed by atoms with van der Waals surface area (Å²) < 4.78 is 11.3. The van der Waals surface area contributed by atoms with E-state index < -0.39 is 49.5 Å². The number of ether oxygens (including phenoxy) is 2. The first-order valence-electron chi connectivity index (χ1n) is 24.4. The molecule has 1 heterocycles. The number of rotatable bonds is 41. The highest BCUT2D eigenvalue weighted by molar-refractivity contribution is 5.76. The SMILES string of the molecule is CCCCCCCC/C=C\CCCCCCCCCCCCCC(=O)N[C@@H](CO[C@@H]1O[C@H](CO)[C@H](O)[C@H](O)[C@H]1O)[C@H](O)CCCCCCCCCCCCCCC. The molecule has 0 aromatic carbocycles. The Morgan fingerprint density at radius 3 is 1.42 bits per heavy atom. The van der Waals surface area contributed by atoms with Crippen molar-refractivity contribution in [1.29, 1.82) is 0 Å². The highest BCUT2D eigenvalue weighted by Gasteiger charge is 2.44. The van der Waals surface area contributed by atoms with Crippen LogP contribution in [-0.2, 0) is 14.3 Å². The third kappa shape index (κ3) is 29.7. The standard InChI is InChI=1S/C48H93NO8/c1-3-5-7-9-11-13-15-17-18-19-20-21-22-23-24-26-28-30-32-34-36-38-44(52)49-41(40-56-48-47(55)46(54)45(53)43(39-50)57-48)42(51)37-35-33-31-29-27-25-16-14-12-10-8-6-4-2/h17-18,41-43,45-48,50-51,53-55H,3-16,19-40H2,1-2H3,(H,49,52)/b18-17-/t41-,42+,43+,45-,46-,47+,48+/m0/s1. The Morgan fingerprint density at radius 1 is 0.579 bits per heavy atom. The van der Waals surface area contributed by atoms with Gasteiger partial charge in [-0.15, -0.1) is 0 Å². The molecule has 0 radical (unpaired) electrons. The molecule has 1 amide bonds. The predicted molar refractivity (Wildman–Crippen MR) is 235 cm³/mol. The van der Waals surface area contributed by atoms with Crippen LogP contribution in [0.25, 0.3) is 0 Å². The number of unbranched alkanes of at least 4 members (excludes halogenated alkanes) is 29. The number of hydrogen-bond donors (Lipinski definition) is 6. The average Bonchev–Trinajstić information content (AvgIpc) is 3.21. The number of nitrogens with one attached hydrogen (secondary N) is 1. The Kier molecular flexibility index (Phi) is 37.0. The van der Waals surface area contributed by atoms with Gasteiger partial charge in [0.2, 0.25) is 5.91 Å². The van der Waals surface area contributed by atoms with Gasteiger partial charge in [0.05, 0.1) is 25.4 Å². The third-order valence-corrected chi connectivity index (χ3v) is 11.9. The lowest BCUT2D eigenvalue weighted by atomic mass is 9.99. The predicted octanol–water partition coefficient (Wildman–Crippen LogP) is 10.5. The van der Waals surface area contributed by atoms with Crippen LogP contribution in [0.4, 0.5) is 0 Å². The molecule has 1 fully saturated rings. The van der Waals surface area contributed by atoms with E-state index in [0.717, 1.165) is 38.5 Å². The van der Waals surface area contributed by atoms with Crippen LogP contribution < -0.4 is 5.32 Å².